The molecular weight excluding hydrogens is 260 g/mol. The molecule has 0 unspecified atom stereocenters. The van der Waals surface area contributed by atoms with Crippen LogP contribution in [0.25, 0.3) is 0 Å². The van der Waals surface area contributed by atoms with Crippen LogP contribution in [0.15, 0.2) is 35.5 Å². The highest BCUT2D eigenvalue weighted by molar-refractivity contribution is 5.95. The lowest BCUT2D eigenvalue weighted by Gasteiger charge is -2.09. The second-order valence-electron chi connectivity index (χ2n) is 3.92. The van der Waals surface area contributed by atoms with E-state index in [0.717, 1.165) is 0 Å². The number of aryl methyl sites for hydroxylation is 1. The maximum atomic E-state index is 8.68. The van der Waals surface area contributed by atoms with E-state index in [1.807, 2.05) is 6.07 Å². The van der Waals surface area contributed by atoms with Crippen LogP contribution >= 0.6 is 0 Å². The van der Waals surface area contributed by atoms with Crippen LogP contribution in [0.4, 0.5) is 0 Å². The number of rotatable bonds is 4. The summed E-state index contributed by atoms with van der Waals surface area (Å²) in [7, 11) is 1.54. The minimum Gasteiger partial charge on any atom is -0.493 e. The number of hydrogen-bond acceptors (Lipinski definition) is 6. The third-order valence-electron chi connectivity index (χ3n) is 2.47. The van der Waals surface area contributed by atoms with Gasteiger partial charge in [0.2, 0.25) is 0 Å². The lowest BCUT2D eigenvalue weighted by molar-refractivity contribution is 0.318. The van der Waals surface area contributed by atoms with Gasteiger partial charge in [0.25, 0.3) is 0 Å². The van der Waals surface area contributed by atoms with Gasteiger partial charge in [-0.1, -0.05) is 17.3 Å². The predicted octanol–water partition coefficient (Wildman–Crippen LogP) is 1.68. The number of methoxy groups -OCH3 is 1. The number of hydrogen-bond donors (Lipinski definition) is 2. The number of para-hydroxylation sites is 2. The third-order valence-corrected chi connectivity index (χ3v) is 2.47. The lowest BCUT2D eigenvalue weighted by atomic mass is 10.3. The van der Waals surface area contributed by atoms with Crippen molar-refractivity contribution in [2.45, 2.75) is 6.92 Å². The number of nitrogens with two attached hydrogens (primary N) is 1. The van der Waals surface area contributed by atoms with E-state index in [1.165, 1.54) is 0 Å². The van der Waals surface area contributed by atoms with Crippen LogP contribution < -0.4 is 15.2 Å². The van der Waals surface area contributed by atoms with Crippen molar-refractivity contribution in [3.63, 3.8) is 0 Å². The van der Waals surface area contributed by atoms with Crippen molar-refractivity contribution in [2.75, 3.05) is 7.11 Å². The van der Waals surface area contributed by atoms with Crippen LogP contribution in [0.2, 0.25) is 0 Å². The van der Waals surface area contributed by atoms with Gasteiger partial charge in [-0.15, -0.1) is 0 Å². The Balaban J connectivity index is 2.36. The summed E-state index contributed by atoms with van der Waals surface area (Å²) in [6, 6.07) is 8.80. The Labute approximate surface area is 115 Å². The maximum absolute atomic E-state index is 8.68. The van der Waals surface area contributed by atoms with Gasteiger partial charge in [0.15, 0.2) is 17.3 Å². The molecule has 3 N–H and O–H groups in total. The molecule has 0 saturated heterocycles. The van der Waals surface area contributed by atoms with Gasteiger partial charge in [-0.2, -0.15) is 4.98 Å². The summed E-state index contributed by atoms with van der Waals surface area (Å²) >= 11 is 0. The van der Waals surface area contributed by atoms with Crippen molar-refractivity contribution in [1.82, 2.24) is 9.97 Å². The van der Waals surface area contributed by atoms with E-state index in [1.54, 1.807) is 38.3 Å². The monoisotopic (exact) mass is 274 g/mol. The molecule has 0 aliphatic heterocycles. The molecule has 104 valence electrons. The summed E-state index contributed by atoms with van der Waals surface area (Å²) < 4.78 is 10.8. The maximum Gasteiger partial charge on any atom is 0.322 e. The van der Waals surface area contributed by atoms with Gasteiger partial charge >= 0.3 is 6.01 Å². The standard InChI is InChI=1S/C13H14N4O3/c1-8-7-9(12(14)17-18)16-13(15-8)20-11-6-4-3-5-10(11)19-2/h3-7,18H,1-2H3,(H2,14,17). The van der Waals surface area contributed by atoms with Crippen molar-refractivity contribution < 1.29 is 14.7 Å². The van der Waals surface area contributed by atoms with Crippen LogP contribution in [-0.2, 0) is 0 Å². The normalized spacial score (nSPS) is 11.2. The Bertz CT molecular complexity index is 643. The summed E-state index contributed by atoms with van der Waals surface area (Å²) in [6.45, 7) is 1.75. The minimum atomic E-state index is -0.111. The number of amidine groups is 1. The van der Waals surface area contributed by atoms with E-state index in [4.69, 9.17) is 20.4 Å². The topological polar surface area (TPSA) is 103 Å². The Morgan fingerprint density at radius 2 is 1.95 bits per heavy atom. The third kappa shape index (κ3) is 2.94. The van der Waals surface area contributed by atoms with E-state index < -0.39 is 0 Å². The second-order valence-corrected chi connectivity index (χ2v) is 3.92. The van der Waals surface area contributed by atoms with Crippen LogP contribution in [0.5, 0.6) is 17.5 Å². The molecule has 0 saturated carbocycles. The van der Waals surface area contributed by atoms with Crippen molar-refractivity contribution in [2.24, 2.45) is 10.9 Å². The highest BCUT2D eigenvalue weighted by atomic mass is 16.5. The molecule has 1 aromatic heterocycles. The van der Waals surface area contributed by atoms with E-state index >= 15 is 0 Å². The molecule has 0 atom stereocenters. The molecule has 0 aliphatic rings. The van der Waals surface area contributed by atoms with Gasteiger partial charge in [0.05, 0.1) is 7.11 Å². The first kappa shape index (κ1) is 13.6. The molecule has 0 aliphatic carbocycles. The van der Waals surface area contributed by atoms with Gasteiger partial charge in [0, 0.05) is 5.69 Å². The van der Waals surface area contributed by atoms with Gasteiger partial charge in [-0.3, -0.25) is 0 Å². The zero-order chi connectivity index (χ0) is 14.5. The molecule has 0 spiro atoms. The number of nitrogens with zero attached hydrogens (tertiary/aromatic N) is 3. The fraction of sp³-hybridized carbons (Fsp3) is 0.154. The van der Waals surface area contributed by atoms with E-state index in [-0.39, 0.29) is 17.5 Å². The molecule has 0 fully saturated rings. The molecule has 1 aromatic carbocycles. The second kappa shape index (κ2) is 5.87. The molecule has 7 heteroatoms. The van der Waals surface area contributed by atoms with Gasteiger partial charge in [-0.25, -0.2) is 4.98 Å². The lowest BCUT2D eigenvalue weighted by Crippen LogP contribution is -2.16. The zero-order valence-corrected chi connectivity index (χ0v) is 11.1. The van der Waals surface area contributed by atoms with Crippen LogP contribution in [0, 0.1) is 6.92 Å². The van der Waals surface area contributed by atoms with Crippen molar-refractivity contribution >= 4 is 5.84 Å². The molecule has 2 aromatic rings. The van der Waals surface area contributed by atoms with Gasteiger partial charge in [0.1, 0.15) is 5.69 Å². The Morgan fingerprint density at radius 3 is 2.60 bits per heavy atom. The number of ether oxygens (including phenoxy) is 2. The first-order valence-corrected chi connectivity index (χ1v) is 5.78. The summed E-state index contributed by atoms with van der Waals surface area (Å²) in [6.07, 6.45) is 0. The molecule has 7 nitrogen and oxygen atoms in total. The minimum absolute atomic E-state index is 0.0936. The van der Waals surface area contributed by atoms with Gasteiger partial charge < -0.3 is 20.4 Å². The SMILES string of the molecule is COc1ccccc1Oc1nc(C)cc(/C(N)=N/O)n1. The Kier molecular flexibility index (Phi) is 3.99. The molecule has 0 amide bonds. The quantitative estimate of drug-likeness (QED) is 0.380. The van der Waals surface area contributed by atoms with Crippen LogP contribution in [-0.4, -0.2) is 28.1 Å². The number of aromatic nitrogens is 2. The average molecular weight is 274 g/mol. The van der Waals surface area contributed by atoms with E-state index in [0.29, 0.717) is 17.2 Å². The predicted molar refractivity (Wildman–Crippen MR) is 72.3 cm³/mol. The summed E-state index contributed by atoms with van der Waals surface area (Å²) in [5, 5.41) is 11.6. The summed E-state index contributed by atoms with van der Waals surface area (Å²) in [5.74, 6) is 0.925. The van der Waals surface area contributed by atoms with Crippen LogP contribution in [0.1, 0.15) is 11.4 Å². The summed E-state index contributed by atoms with van der Waals surface area (Å²) in [5.41, 5.74) is 6.42. The number of oxime groups is 1. The molecule has 2 rings (SSSR count). The van der Waals surface area contributed by atoms with E-state index in [2.05, 4.69) is 15.1 Å². The summed E-state index contributed by atoms with van der Waals surface area (Å²) in [4.78, 5) is 8.21. The largest absolute Gasteiger partial charge is 0.493 e. The smallest absolute Gasteiger partial charge is 0.322 e. The Hall–Kier alpha value is -2.83. The van der Waals surface area contributed by atoms with Crippen LogP contribution in [0.3, 0.4) is 0 Å². The van der Waals surface area contributed by atoms with Crippen molar-refractivity contribution in [1.29, 1.82) is 0 Å². The highest BCUT2D eigenvalue weighted by Crippen LogP contribution is 2.29. The molecular formula is C13H14N4O3. The molecule has 0 bridgehead atoms. The first-order chi connectivity index (χ1) is 9.63. The molecule has 0 radical (unpaired) electrons. The van der Waals surface area contributed by atoms with Crippen molar-refractivity contribution in [3.05, 3.63) is 41.7 Å². The fourth-order valence-electron chi connectivity index (χ4n) is 1.57. The Morgan fingerprint density at radius 1 is 1.25 bits per heavy atom. The highest BCUT2D eigenvalue weighted by Gasteiger charge is 2.10. The average Bonchev–Trinajstić information content (AvgIpc) is 2.46. The van der Waals surface area contributed by atoms with Crippen molar-refractivity contribution in [3.8, 4) is 17.5 Å². The number of benzene rings is 1. The first-order valence-electron chi connectivity index (χ1n) is 5.78. The zero-order valence-electron chi connectivity index (χ0n) is 11.1. The molecule has 1 heterocycles. The molecule has 20 heavy (non-hydrogen) atoms. The van der Waals surface area contributed by atoms with Gasteiger partial charge in [-0.05, 0) is 25.1 Å². The fourth-order valence-corrected chi connectivity index (χ4v) is 1.57. The van der Waals surface area contributed by atoms with E-state index in [9.17, 15) is 0 Å².